The van der Waals surface area contributed by atoms with Gasteiger partial charge >= 0.3 is 5.22 Å². The molecule has 1 N–H and O–H groups in total. The van der Waals surface area contributed by atoms with Gasteiger partial charge in [-0.2, -0.15) is 0 Å². The van der Waals surface area contributed by atoms with Crippen LogP contribution in [0.1, 0.15) is 24.4 Å². The Morgan fingerprint density at radius 1 is 1.30 bits per heavy atom. The van der Waals surface area contributed by atoms with Crippen molar-refractivity contribution in [1.29, 1.82) is 0 Å². The predicted octanol–water partition coefficient (Wildman–Crippen LogP) is 1.50. The molecule has 0 aliphatic carbocycles. The summed E-state index contributed by atoms with van der Waals surface area (Å²) in [6.45, 7) is 1.48. The molecule has 0 spiro atoms. The lowest BCUT2D eigenvalue weighted by Crippen LogP contribution is -2.31. The van der Waals surface area contributed by atoms with Gasteiger partial charge in [0.1, 0.15) is 11.9 Å². The Morgan fingerprint density at radius 3 is 2.61 bits per heavy atom. The third kappa shape index (κ3) is 4.52. The highest BCUT2D eigenvalue weighted by Gasteiger charge is 2.25. The van der Waals surface area contributed by atoms with Gasteiger partial charge in [0.2, 0.25) is 21.6 Å². The van der Waals surface area contributed by atoms with Crippen LogP contribution in [0.4, 0.5) is 0 Å². The van der Waals surface area contributed by atoms with Crippen molar-refractivity contribution in [3.63, 3.8) is 0 Å². The molecule has 1 aromatic carbocycles. The summed E-state index contributed by atoms with van der Waals surface area (Å²) in [7, 11) is -3.60. The molecule has 0 unspecified atom stereocenters. The van der Waals surface area contributed by atoms with Crippen LogP contribution in [0.3, 0.4) is 0 Å². The number of hydrogen-bond donors (Lipinski definition) is 1. The smallest absolute Gasteiger partial charge is 0.335 e. The number of nitrogens with one attached hydrogen (secondary N) is 1. The molecule has 1 heterocycles. The number of nitrogens with zero attached hydrogens (tertiary/aromatic N) is 2. The first-order valence-electron chi connectivity index (χ1n) is 6.91. The Bertz CT molecular complexity index is 761. The van der Waals surface area contributed by atoms with Crippen LogP contribution in [0.5, 0.6) is 0 Å². The number of halogens is 1. The van der Waals surface area contributed by atoms with Gasteiger partial charge in [0.15, 0.2) is 0 Å². The molecular formula is C14H16ClN3O4S. The normalized spacial score (nSPS) is 12.8. The summed E-state index contributed by atoms with van der Waals surface area (Å²) in [6.07, 6.45) is 0.372. The molecule has 0 saturated heterocycles. The SMILES string of the molecule is CCS(=O)(=O)c1nnc([C@H](Cc2ccccc2)NC(=O)CCl)o1. The molecule has 1 amide bonds. The fourth-order valence-electron chi connectivity index (χ4n) is 1.89. The zero-order chi connectivity index (χ0) is 16.9. The molecule has 124 valence electrons. The Balaban J connectivity index is 2.28. The Kier molecular flexibility index (Phi) is 5.73. The van der Waals surface area contributed by atoms with Crippen molar-refractivity contribution in [3.8, 4) is 0 Å². The van der Waals surface area contributed by atoms with E-state index in [2.05, 4.69) is 15.5 Å². The van der Waals surface area contributed by atoms with Crippen molar-refractivity contribution in [2.75, 3.05) is 11.6 Å². The molecule has 1 aromatic heterocycles. The maximum absolute atomic E-state index is 11.8. The minimum absolute atomic E-state index is 0.0272. The monoisotopic (exact) mass is 357 g/mol. The molecule has 0 saturated carbocycles. The Labute approximate surface area is 139 Å². The van der Waals surface area contributed by atoms with Crippen LogP contribution in [0.15, 0.2) is 40.0 Å². The first-order valence-corrected chi connectivity index (χ1v) is 9.10. The van der Waals surface area contributed by atoms with Crippen LogP contribution in [0.2, 0.25) is 0 Å². The summed E-state index contributed by atoms with van der Waals surface area (Å²) in [5, 5.41) is 9.53. The molecule has 2 rings (SSSR count). The average Bonchev–Trinajstić information content (AvgIpc) is 3.06. The lowest BCUT2D eigenvalue weighted by atomic mass is 10.1. The van der Waals surface area contributed by atoms with E-state index in [-0.39, 0.29) is 17.5 Å². The topological polar surface area (TPSA) is 102 Å². The van der Waals surface area contributed by atoms with Crippen LogP contribution in [-0.4, -0.2) is 36.2 Å². The largest absolute Gasteiger partial charge is 0.410 e. The van der Waals surface area contributed by atoms with Crippen molar-refractivity contribution >= 4 is 27.3 Å². The van der Waals surface area contributed by atoms with Gasteiger partial charge in [0.05, 0.1) is 5.75 Å². The van der Waals surface area contributed by atoms with Crippen LogP contribution in [0.25, 0.3) is 0 Å². The fourth-order valence-corrected chi connectivity index (χ4v) is 2.59. The summed E-state index contributed by atoms with van der Waals surface area (Å²) < 4.78 is 28.8. The van der Waals surface area contributed by atoms with Gasteiger partial charge in [-0.3, -0.25) is 4.79 Å². The number of hydrogen-bond acceptors (Lipinski definition) is 6. The van der Waals surface area contributed by atoms with Gasteiger partial charge in [0, 0.05) is 6.42 Å². The summed E-state index contributed by atoms with van der Waals surface area (Å²) in [4.78, 5) is 11.6. The number of amides is 1. The van der Waals surface area contributed by atoms with E-state index in [4.69, 9.17) is 16.0 Å². The summed E-state index contributed by atoms with van der Waals surface area (Å²) in [6, 6.07) is 8.68. The zero-order valence-corrected chi connectivity index (χ0v) is 14.0. The standard InChI is InChI=1S/C14H16ClN3O4S/c1-2-23(20,21)14-18-17-13(22-14)11(16-12(19)9-15)8-10-6-4-3-5-7-10/h3-7,11H,2,8-9H2,1H3,(H,16,19)/t11-/m0/s1. The first kappa shape index (κ1) is 17.4. The van der Waals surface area contributed by atoms with E-state index in [1.54, 1.807) is 0 Å². The average molecular weight is 358 g/mol. The summed E-state index contributed by atoms with van der Waals surface area (Å²) in [5.41, 5.74) is 0.922. The third-order valence-electron chi connectivity index (χ3n) is 3.11. The fraction of sp³-hybridized carbons (Fsp3) is 0.357. The molecule has 0 radical (unpaired) electrons. The lowest BCUT2D eigenvalue weighted by molar-refractivity contribution is -0.119. The second-order valence-electron chi connectivity index (χ2n) is 4.75. The predicted molar refractivity (Wildman–Crippen MR) is 83.8 cm³/mol. The minimum atomic E-state index is -3.60. The summed E-state index contributed by atoms with van der Waals surface area (Å²) >= 11 is 5.51. The zero-order valence-electron chi connectivity index (χ0n) is 12.4. The molecule has 0 aliphatic rings. The number of benzene rings is 1. The number of carbonyl (C=O) groups excluding carboxylic acids is 1. The molecule has 2 aromatic rings. The van der Waals surface area contributed by atoms with Crippen LogP contribution >= 0.6 is 11.6 Å². The van der Waals surface area contributed by atoms with Gasteiger partial charge in [0.25, 0.3) is 0 Å². The second kappa shape index (κ2) is 7.56. The van der Waals surface area contributed by atoms with Crippen LogP contribution in [0, 0.1) is 0 Å². The van der Waals surface area contributed by atoms with Gasteiger partial charge in [-0.25, -0.2) is 8.42 Å². The van der Waals surface area contributed by atoms with Gasteiger partial charge < -0.3 is 9.73 Å². The Hall–Kier alpha value is -1.93. The van der Waals surface area contributed by atoms with Crippen molar-refractivity contribution in [3.05, 3.63) is 41.8 Å². The number of carbonyl (C=O) groups is 1. The highest BCUT2D eigenvalue weighted by molar-refractivity contribution is 7.91. The van der Waals surface area contributed by atoms with E-state index >= 15 is 0 Å². The van der Waals surface area contributed by atoms with Crippen LogP contribution in [-0.2, 0) is 21.1 Å². The number of alkyl halides is 1. The van der Waals surface area contributed by atoms with Crippen molar-refractivity contribution in [2.45, 2.75) is 24.6 Å². The first-order chi connectivity index (χ1) is 11.0. The van der Waals surface area contributed by atoms with Gasteiger partial charge in [-0.1, -0.05) is 42.4 Å². The van der Waals surface area contributed by atoms with E-state index in [1.807, 2.05) is 30.3 Å². The molecule has 23 heavy (non-hydrogen) atoms. The minimum Gasteiger partial charge on any atom is -0.410 e. The third-order valence-corrected chi connectivity index (χ3v) is 4.81. The molecule has 0 bridgehead atoms. The second-order valence-corrected chi connectivity index (χ2v) is 7.18. The quantitative estimate of drug-likeness (QED) is 0.753. The molecule has 0 aliphatic heterocycles. The molecule has 1 atom stereocenters. The molecule has 7 nitrogen and oxygen atoms in total. The van der Waals surface area contributed by atoms with E-state index in [0.29, 0.717) is 6.42 Å². The highest BCUT2D eigenvalue weighted by Crippen LogP contribution is 2.20. The highest BCUT2D eigenvalue weighted by atomic mass is 35.5. The van der Waals surface area contributed by atoms with E-state index in [9.17, 15) is 13.2 Å². The number of rotatable bonds is 7. The molecule has 9 heteroatoms. The van der Waals surface area contributed by atoms with E-state index in [1.165, 1.54) is 6.92 Å². The Morgan fingerprint density at radius 2 is 2.00 bits per heavy atom. The van der Waals surface area contributed by atoms with Crippen molar-refractivity contribution in [2.24, 2.45) is 0 Å². The van der Waals surface area contributed by atoms with E-state index < -0.39 is 27.0 Å². The summed E-state index contributed by atoms with van der Waals surface area (Å²) in [5.74, 6) is -0.754. The maximum Gasteiger partial charge on any atom is 0.335 e. The lowest BCUT2D eigenvalue weighted by Gasteiger charge is -2.14. The number of sulfone groups is 1. The van der Waals surface area contributed by atoms with Gasteiger partial charge in [-0.05, 0) is 5.56 Å². The van der Waals surface area contributed by atoms with E-state index in [0.717, 1.165) is 5.56 Å². The molecular weight excluding hydrogens is 342 g/mol. The number of aromatic nitrogens is 2. The van der Waals surface area contributed by atoms with Crippen LogP contribution < -0.4 is 5.32 Å². The van der Waals surface area contributed by atoms with Gasteiger partial charge in [-0.15, -0.1) is 16.7 Å². The maximum atomic E-state index is 11.8. The molecule has 0 fully saturated rings. The van der Waals surface area contributed by atoms with Crippen molar-refractivity contribution in [1.82, 2.24) is 15.5 Å². The van der Waals surface area contributed by atoms with Crippen molar-refractivity contribution < 1.29 is 17.6 Å².